The highest BCUT2D eigenvalue weighted by Gasteiger charge is 2.30. The van der Waals surface area contributed by atoms with Crippen LogP contribution in [0.2, 0.25) is 0 Å². The van der Waals surface area contributed by atoms with Crippen molar-refractivity contribution in [3.63, 3.8) is 0 Å². The molecule has 6 nitrogen and oxygen atoms in total. The van der Waals surface area contributed by atoms with E-state index >= 15 is 0 Å². The van der Waals surface area contributed by atoms with Gasteiger partial charge in [-0.15, -0.1) is 0 Å². The Morgan fingerprint density at radius 3 is 2.39 bits per heavy atom. The number of aromatic amines is 1. The number of anilines is 2. The SMILES string of the molecule is O=C(Nc1nc2ccccc2[nH]1)c1cc2ccccc2cc1NC(=O)C1CC1. The zero-order chi connectivity index (χ0) is 19.1. The van der Waals surface area contributed by atoms with Crippen LogP contribution in [0.15, 0.2) is 60.7 Å². The van der Waals surface area contributed by atoms with E-state index in [0.29, 0.717) is 17.2 Å². The third kappa shape index (κ3) is 3.09. The zero-order valence-electron chi connectivity index (χ0n) is 15.0. The number of carbonyl (C=O) groups is 2. The Morgan fingerprint density at radius 1 is 0.929 bits per heavy atom. The van der Waals surface area contributed by atoms with E-state index in [2.05, 4.69) is 20.6 Å². The minimum Gasteiger partial charge on any atom is -0.325 e. The molecule has 2 amide bonds. The number of para-hydroxylation sites is 2. The number of hydrogen-bond acceptors (Lipinski definition) is 3. The molecule has 138 valence electrons. The summed E-state index contributed by atoms with van der Waals surface area (Å²) in [5.74, 6) is 0.0700. The lowest BCUT2D eigenvalue weighted by molar-refractivity contribution is -0.117. The number of nitrogens with one attached hydrogen (secondary N) is 3. The maximum atomic E-state index is 13.0. The number of aromatic nitrogens is 2. The minimum absolute atomic E-state index is 0.0342. The molecule has 3 N–H and O–H groups in total. The van der Waals surface area contributed by atoms with E-state index in [1.54, 1.807) is 6.07 Å². The van der Waals surface area contributed by atoms with Crippen LogP contribution >= 0.6 is 0 Å². The average Bonchev–Trinajstić information content (AvgIpc) is 3.47. The van der Waals surface area contributed by atoms with Gasteiger partial charge < -0.3 is 10.3 Å². The van der Waals surface area contributed by atoms with E-state index in [1.807, 2.05) is 54.6 Å². The van der Waals surface area contributed by atoms with E-state index in [4.69, 9.17) is 0 Å². The van der Waals surface area contributed by atoms with Gasteiger partial charge in [-0.1, -0.05) is 36.4 Å². The van der Waals surface area contributed by atoms with Crippen LogP contribution < -0.4 is 10.6 Å². The Bertz CT molecular complexity index is 1190. The van der Waals surface area contributed by atoms with Gasteiger partial charge in [-0.2, -0.15) is 0 Å². The van der Waals surface area contributed by atoms with Gasteiger partial charge in [0.05, 0.1) is 22.3 Å². The maximum absolute atomic E-state index is 13.0. The number of imidazole rings is 1. The molecule has 1 heterocycles. The van der Waals surface area contributed by atoms with Crippen molar-refractivity contribution in [3.05, 3.63) is 66.2 Å². The molecule has 3 aromatic carbocycles. The van der Waals surface area contributed by atoms with Crippen molar-refractivity contribution in [2.24, 2.45) is 5.92 Å². The largest absolute Gasteiger partial charge is 0.325 e. The zero-order valence-corrected chi connectivity index (χ0v) is 15.0. The second kappa shape index (κ2) is 6.49. The lowest BCUT2D eigenvalue weighted by Crippen LogP contribution is -2.19. The Balaban J connectivity index is 1.51. The Morgan fingerprint density at radius 2 is 1.64 bits per heavy atom. The van der Waals surface area contributed by atoms with Crippen molar-refractivity contribution in [1.82, 2.24) is 9.97 Å². The van der Waals surface area contributed by atoms with E-state index < -0.39 is 0 Å². The number of hydrogen-bond donors (Lipinski definition) is 3. The van der Waals surface area contributed by atoms with Gasteiger partial charge in [-0.3, -0.25) is 14.9 Å². The van der Waals surface area contributed by atoms with E-state index in [-0.39, 0.29) is 17.7 Å². The van der Waals surface area contributed by atoms with Crippen molar-refractivity contribution >= 4 is 45.3 Å². The van der Waals surface area contributed by atoms with Crippen LogP contribution in [0, 0.1) is 5.92 Å². The first-order valence-electron chi connectivity index (χ1n) is 9.27. The van der Waals surface area contributed by atoms with Gasteiger partial charge in [0.1, 0.15) is 0 Å². The molecule has 0 aliphatic heterocycles. The van der Waals surface area contributed by atoms with Crippen LogP contribution in [0.5, 0.6) is 0 Å². The van der Waals surface area contributed by atoms with E-state index in [0.717, 1.165) is 34.6 Å². The molecular formula is C22H18N4O2. The highest BCUT2D eigenvalue weighted by molar-refractivity contribution is 6.13. The van der Waals surface area contributed by atoms with Crippen molar-refractivity contribution in [2.45, 2.75) is 12.8 Å². The topological polar surface area (TPSA) is 86.9 Å². The third-order valence-electron chi connectivity index (χ3n) is 4.96. The van der Waals surface area contributed by atoms with Crippen molar-refractivity contribution < 1.29 is 9.59 Å². The smallest absolute Gasteiger partial charge is 0.260 e. The standard InChI is InChI=1S/C22H18N4O2/c27-20(13-9-10-13)23-19-12-15-6-2-1-5-14(15)11-16(19)21(28)26-22-24-17-7-3-4-8-18(17)25-22/h1-8,11-13H,9-10H2,(H,23,27)(H2,24,25,26,28). The molecule has 0 bridgehead atoms. The predicted octanol–water partition coefficient (Wildman–Crippen LogP) is 4.32. The number of rotatable bonds is 4. The molecule has 0 atom stereocenters. The van der Waals surface area contributed by atoms with E-state index in [9.17, 15) is 9.59 Å². The normalized spacial score (nSPS) is 13.6. The second-order valence-corrected chi connectivity index (χ2v) is 7.07. The highest BCUT2D eigenvalue weighted by atomic mass is 16.2. The number of benzene rings is 3. The minimum atomic E-state index is -0.323. The summed E-state index contributed by atoms with van der Waals surface area (Å²) in [7, 11) is 0. The van der Waals surface area contributed by atoms with Gasteiger partial charge >= 0.3 is 0 Å². The van der Waals surface area contributed by atoms with E-state index in [1.165, 1.54) is 0 Å². The van der Waals surface area contributed by atoms with Crippen molar-refractivity contribution in [2.75, 3.05) is 10.6 Å². The summed E-state index contributed by atoms with van der Waals surface area (Å²) in [5.41, 5.74) is 2.55. The quantitative estimate of drug-likeness (QED) is 0.500. The van der Waals surface area contributed by atoms with Crippen LogP contribution in [0.25, 0.3) is 21.8 Å². The molecule has 0 unspecified atom stereocenters. The lowest BCUT2D eigenvalue weighted by Gasteiger charge is -2.12. The Kier molecular flexibility index (Phi) is 3.83. The van der Waals surface area contributed by atoms with Gasteiger partial charge in [0.15, 0.2) is 0 Å². The highest BCUT2D eigenvalue weighted by Crippen LogP contribution is 2.32. The molecule has 0 spiro atoms. The monoisotopic (exact) mass is 370 g/mol. The lowest BCUT2D eigenvalue weighted by atomic mass is 10.0. The molecule has 5 rings (SSSR count). The first kappa shape index (κ1) is 16.5. The third-order valence-corrected chi connectivity index (χ3v) is 4.96. The molecular weight excluding hydrogens is 352 g/mol. The molecule has 1 aliphatic rings. The number of H-pyrrole nitrogens is 1. The molecule has 4 aromatic rings. The molecule has 1 aromatic heterocycles. The Hall–Kier alpha value is -3.67. The first-order valence-corrected chi connectivity index (χ1v) is 9.27. The summed E-state index contributed by atoms with van der Waals surface area (Å²) >= 11 is 0. The van der Waals surface area contributed by atoms with Crippen LogP contribution in [0.1, 0.15) is 23.2 Å². The van der Waals surface area contributed by atoms with Gasteiger partial charge in [-0.05, 0) is 47.9 Å². The Labute approximate surface area is 161 Å². The van der Waals surface area contributed by atoms with Gasteiger partial charge in [-0.25, -0.2) is 4.98 Å². The average molecular weight is 370 g/mol. The van der Waals surface area contributed by atoms with Crippen LogP contribution in [-0.2, 0) is 4.79 Å². The number of nitrogens with zero attached hydrogens (tertiary/aromatic N) is 1. The summed E-state index contributed by atoms with van der Waals surface area (Å²) in [6.07, 6.45) is 1.81. The first-order chi connectivity index (χ1) is 13.7. The van der Waals surface area contributed by atoms with Crippen LogP contribution in [-0.4, -0.2) is 21.8 Å². The molecule has 1 saturated carbocycles. The summed E-state index contributed by atoms with van der Waals surface area (Å²) in [6.45, 7) is 0. The molecule has 1 fully saturated rings. The summed E-state index contributed by atoms with van der Waals surface area (Å²) in [5, 5.41) is 7.64. The molecule has 1 aliphatic carbocycles. The molecule has 0 radical (unpaired) electrons. The molecule has 0 saturated heterocycles. The van der Waals surface area contributed by atoms with Crippen LogP contribution in [0.4, 0.5) is 11.6 Å². The summed E-state index contributed by atoms with van der Waals surface area (Å²) < 4.78 is 0. The molecule has 28 heavy (non-hydrogen) atoms. The fourth-order valence-electron chi connectivity index (χ4n) is 3.30. The van der Waals surface area contributed by atoms with Crippen molar-refractivity contribution in [1.29, 1.82) is 0 Å². The number of amides is 2. The summed E-state index contributed by atoms with van der Waals surface area (Å²) in [6, 6.07) is 19.0. The summed E-state index contributed by atoms with van der Waals surface area (Å²) in [4.78, 5) is 32.8. The van der Waals surface area contributed by atoms with Gasteiger partial charge in [0, 0.05) is 5.92 Å². The second-order valence-electron chi connectivity index (χ2n) is 7.07. The van der Waals surface area contributed by atoms with Crippen LogP contribution in [0.3, 0.4) is 0 Å². The number of carbonyl (C=O) groups excluding carboxylic acids is 2. The fourth-order valence-corrected chi connectivity index (χ4v) is 3.30. The maximum Gasteiger partial charge on any atom is 0.260 e. The van der Waals surface area contributed by atoms with Gasteiger partial charge in [0.2, 0.25) is 11.9 Å². The predicted molar refractivity (Wildman–Crippen MR) is 109 cm³/mol. The molecule has 6 heteroatoms. The van der Waals surface area contributed by atoms with Gasteiger partial charge in [0.25, 0.3) is 5.91 Å². The van der Waals surface area contributed by atoms with Crippen molar-refractivity contribution in [3.8, 4) is 0 Å². The fraction of sp³-hybridized carbons (Fsp3) is 0.136. The number of fused-ring (bicyclic) bond motifs is 2.